The zero-order chi connectivity index (χ0) is 22.8. The average Bonchev–Trinajstić information content (AvgIpc) is 2.83. The number of hydrogen-bond donors (Lipinski definition) is 2. The van der Waals surface area contributed by atoms with Gasteiger partial charge in [0.15, 0.2) is 5.96 Å². The van der Waals surface area contributed by atoms with Crippen LogP contribution in [0.15, 0.2) is 23.3 Å². The second-order valence-electron chi connectivity index (χ2n) is 8.45. The lowest BCUT2D eigenvalue weighted by Gasteiger charge is -2.35. The Bertz CT molecular complexity index is 749. The van der Waals surface area contributed by atoms with Crippen molar-refractivity contribution in [2.24, 2.45) is 16.6 Å². The molecule has 0 bridgehead atoms. The zero-order valence-corrected chi connectivity index (χ0v) is 22.2. The number of piperidine rings is 2. The van der Waals surface area contributed by atoms with Crippen LogP contribution >= 0.6 is 24.0 Å². The molecular formula is C23H39IN6O3. The molecule has 9 nitrogen and oxygen atoms in total. The van der Waals surface area contributed by atoms with Crippen molar-refractivity contribution in [3.8, 4) is 0 Å². The van der Waals surface area contributed by atoms with E-state index in [1.807, 2.05) is 19.3 Å². The molecule has 3 rings (SSSR count). The van der Waals surface area contributed by atoms with Crippen LogP contribution in [0.5, 0.6) is 0 Å². The average molecular weight is 575 g/mol. The number of pyridine rings is 1. The van der Waals surface area contributed by atoms with Gasteiger partial charge in [0.05, 0.1) is 6.10 Å². The molecule has 0 aliphatic carbocycles. The number of aliphatic imine (C=N–C) groups is 1. The number of nitrogens with two attached hydrogens (primary N) is 1. The topological polar surface area (TPSA) is 105 Å². The second-order valence-corrected chi connectivity index (χ2v) is 8.45. The van der Waals surface area contributed by atoms with Crippen molar-refractivity contribution in [1.82, 2.24) is 15.2 Å². The summed E-state index contributed by atoms with van der Waals surface area (Å²) in [5.74, 6) is 1.66. The first kappa shape index (κ1) is 27.6. The highest BCUT2D eigenvalue weighted by atomic mass is 127. The third kappa shape index (κ3) is 8.25. The van der Waals surface area contributed by atoms with E-state index in [2.05, 4.69) is 31.2 Å². The van der Waals surface area contributed by atoms with Gasteiger partial charge in [0.25, 0.3) is 0 Å². The highest BCUT2D eigenvalue weighted by Gasteiger charge is 2.25. The second kappa shape index (κ2) is 14.6. The number of nitrogens with one attached hydrogen (secondary N) is 1. The molecule has 0 aromatic carbocycles. The van der Waals surface area contributed by atoms with Gasteiger partial charge in [-0.25, -0.2) is 4.98 Å². The lowest BCUT2D eigenvalue weighted by molar-refractivity contribution is -0.122. The Kier molecular flexibility index (Phi) is 12.2. The fourth-order valence-corrected chi connectivity index (χ4v) is 4.42. The zero-order valence-electron chi connectivity index (χ0n) is 19.9. The minimum absolute atomic E-state index is 0. The molecule has 2 aliphatic rings. The van der Waals surface area contributed by atoms with Crippen molar-refractivity contribution in [3.05, 3.63) is 23.9 Å². The van der Waals surface area contributed by atoms with Crippen molar-refractivity contribution in [1.29, 1.82) is 0 Å². The predicted octanol–water partition coefficient (Wildman–Crippen LogP) is 1.99. The van der Waals surface area contributed by atoms with E-state index < -0.39 is 0 Å². The maximum atomic E-state index is 11.5. The van der Waals surface area contributed by atoms with Crippen LogP contribution in [-0.4, -0.2) is 81.4 Å². The standard InChI is InChI=1S/C23H38N6O3.HI/c1-25-23(29-13-8-20(9-14-29)32-16-4-15-31-2)27-17-19-5-3-10-26-22(19)28-11-6-18(7-12-28)21(24)30;/h3,5,10,18,20H,4,6-9,11-17H2,1-2H3,(H2,24,30)(H,25,27);1H. The molecule has 3 heterocycles. The number of amides is 1. The number of ether oxygens (including phenoxy) is 2. The number of anilines is 1. The van der Waals surface area contributed by atoms with E-state index in [0.29, 0.717) is 12.6 Å². The van der Waals surface area contributed by atoms with Gasteiger partial charge in [0.2, 0.25) is 5.91 Å². The number of guanidine groups is 1. The molecule has 2 saturated heterocycles. The quantitative estimate of drug-likeness (QED) is 0.201. The third-order valence-electron chi connectivity index (χ3n) is 6.30. The third-order valence-corrected chi connectivity index (χ3v) is 6.30. The highest BCUT2D eigenvalue weighted by Crippen LogP contribution is 2.24. The van der Waals surface area contributed by atoms with Crippen molar-refractivity contribution < 1.29 is 14.3 Å². The minimum atomic E-state index is -0.194. The molecule has 10 heteroatoms. The molecule has 0 spiro atoms. The monoisotopic (exact) mass is 574 g/mol. The van der Waals surface area contributed by atoms with Crippen LogP contribution in [0, 0.1) is 5.92 Å². The van der Waals surface area contributed by atoms with E-state index in [-0.39, 0.29) is 35.8 Å². The Labute approximate surface area is 214 Å². The normalized spacial score (nSPS) is 18.2. The first-order valence-corrected chi connectivity index (χ1v) is 11.7. The number of nitrogens with zero attached hydrogens (tertiary/aromatic N) is 4. The summed E-state index contributed by atoms with van der Waals surface area (Å²) in [5.41, 5.74) is 6.61. The first-order valence-electron chi connectivity index (χ1n) is 11.7. The number of methoxy groups -OCH3 is 1. The van der Waals surface area contributed by atoms with Gasteiger partial charge >= 0.3 is 0 Å². The minimum Gasteiger partial charge on any atom is -0.385 e. The van der Waals surface area contributed by atoms with Crippen LogP contribution in [0.1, 0.15) is 37.7 Å². The summed E-state index contributed by atoms with van der Waals surface area (Å²) in [7, 11) is 3.55. The molecule has 2 aliphatic heterocycles. The van der Waals surface area contributed by atoms with Crippen LogP contribution in [-0.2, 0) is 20.8 Å². The number of aromatic nitrogens is 1. The van der Waals surface area contributed by atoms with E-state index in [0.717, 1.165) is 88.8 Å². The summed E-state index contributed by atoms with van der Waals surface area (Å²) in [5, 5.41) is 3.51. The molecule has 0 unspecified atom stereocenters. The fraction of sp³-hybridized carbons (Fsp3) is 0.696. The first-order chi connectivity index (χ1) is 15.6. The Balaban J connectivity index is 0.00000385. The molecule has 0 saturated carbocycles. The summed E-state index contributed by atoms with van der Waals surface area (Å²) in [6.45, 7) is 5.60. The summed E-state index contributed by atoms with van der Waals surface area (Å²) >= 11 is 0. The van der Waals surface area contributed by atoms with Crippen molar-refractivity contribution in [2.45, 2.75) is 44.8 Å². The number of primary amides is 1. The predicted molar refractivity (Wildman–Crippen MR) is 141 cm³/mol. The number of rotatable bonds is 9. The highest BCUT2D eigenvalue weighted by molar-refractivity contribution is 14.0. The van der Waals surface area contributed by atoms with E-state index in [1.165, 1.54) is 0 Å². The maximum Gasteiger partial charge on any atom is 0.220 e. The number of hydrogen-bond acceptors (Lipinski definition) is 6. The van der Waals surface area contributed by atoms with Crippen LogP contribution in [0.2, 0.25) is 0 Å². The largest absolute Gasteiger partial charge is 0.385 e. The lowest BCUT2D eigenvalue weighted by atomic mass is 9.96. The summed E-state index contributed by atoms with van der Waals surface area (Å²) in [4.78, 5) is 25.2. The van der Waals surface area contributed by atoms with Gasteiger partial charge in [-0.15, -0.1) is 24.0 Å². The van der Waals surface area contributed by atoms with Gasteiger partial charge in [-0.1, -0.05) is 6.07 Å². The molecule has 186 valence electrons. The van der Waals surface area contributed by atoms with Crippen LogP contribution < -0.4 is 16.0 Å². The van der Waals surface area contributed by atoms with E-state index in [1.54, 1.807) is 7.11 Å². The molecule has 1 aromatic heterocycles. The van der Waals surface area contributed by atoms with Gasteiger partial charge in [-0.05, 0) is 38.2 Å². The van der Waals surface area contributed by atoms with Crippen molar-refractivity contribution in [3.63, 3.8) is 0 Å². The maximum absolute atomic E-state index is 11.5. The molecule has 3 N–H and O–H groups in total. The SMILES string of the molecule is CN=C(NCc1cccnc1N1CCC(C(N)=O)CC1)N1CCC(OCCCOC)CC1.I. The van der Waals surface area contributed by atoms with Crippen LogP contribution in [0.3, 0.4) is 0 Å². The molecule has 0 atom stereocenters. The lowest BCUT2D eigenvalue weighted by Crippen LogP contribution is -2.47. The number of likely N-dealkylation sites (tertiary alicyclic amines) is 1. The summed E-state index contributed by atoms with van der Waals surface area (Å²) < 4.78 is 11.1. The molecule has 33 heavy (non-hydrogen) atoms. The van der Waals surface area contributed by atoms with E-state index in [9.17, 15) is 4.79 Å². The van der Waals surface area contributed by atoms with Gasteiger partial charge in [-0.3, -0.25) is 9.79 Å². The van der Waals surface area contributed by atoms with Gasteiger partial charge in [0, 0.05) is 77.8 Å². The number of carbonyl (C=O) groups excluding carboxylic acids is 1. The van der Waals surface area contributed by atoms with E-state index in [4.69, 9.17) is 15.2 Å². The fourth-order valence-electron chi connectivity index (χ4n) is 4.42. The Morgan fingerprint density at radius 3 is 2.58 bits per heavy atom. The van der Waals surface area contributed by atoms with Crippen LogP contribution in [0.25, 0.3) is 0 Å². The van der Waals surface area contributed by atoms with Gasteiger partial charge in [0.1, 0.15) is 5.82 Å². The molecule has 2 fully saturated rings. The van der Waals surface area contributed by atoms with Crippen molar-refractivity contribution in [2.75, 3.05) is 58.5 Å². The van der Waals surface area contributed by atoms with Crippen LogP contribution in [0.4, 0.5) is 5.82 Å². The Morgan fingerprint density at radius 1 is 1.21 bits per heavy atom. The smallest absolute Gasteiger partial charge is 0.220 e. The Hall–Kier alpha value is -1.66. The summed E-state index contributed by atoms with van der Waals surface area (Å²) in [6, 6.07) is 4.06. The summed E-state index contributed by atoms with van der Waals surface area (Å²) in [6.07, 6.45) is 6.64. The van der Waals surface area contributed by atoms with Gasteiger partial charge in [-0.2, -0.15) is 0 Å². The Morgan fingerprint density at radius 2 is 1.94 bits per heavy atom. The number of halogens is 1. The molecule has 1 aromatic rings. The van der Waals surface area contributed by atoms with Crippen molar-refractivity contribution >= 4 is 41.7 Å². The number of carbonyl (C=O) groups is 1. The molecule has 0 radical (unpaired) electrons. The van der Waals surface area contributed by atoms with Gasteiger partial charge < -0.3 is 30.3 Å². The van der Waals surface area contributed by atoms with E-state index >= 15 is 0 Å². The molecular weight excluding hydrogens is 535 g/mol. The molecule has 1 amide bonds.